The van der Waals surface area contributed by atoms with E-state index in [0.29, 0.717) is 11.9 Å². The number of benzene rings is 1. The van der Waals surface area contributed by atoms with E-state index >= 15 is 0 Å². The molecule has 0 bridgehead atoms. The Bertz CT molecular complexity index is 700. The Morgan fingerprint density at radius 2 is 1.91 bits per heavy atom. The molecule has 0 saturated heterocycles. The van der Waals surface area contributed by atoms with Crippen molar-refractivity contribution in [3.05, 3.63) is 55.0 Å². The number of rotatable bonds is 4. The summed E-state index contributed by atoms with van der Waals surface area (Å²) in [6, 6.07) is 6.30. The zero-order valence-electron chi connectivity index (χ0n) is 11.2. The van der Waals surface area contributed by atoms with Crippen molar-refractivity contribution in [1.82, 2.24) is 9.97 Å². The molecule has 5 nitrogen and oxygen atoms in total. The second-order valence-electron chi connectivity index (χ2n) is 4.15. The van der Waals surface area contributed by atoms with Crippen LogP contribution >= 0.6 is 0 Å². The molecule has 0 saturated carbocycles. The van der Waals surface area contributed by atoms with Gasteiger partial charge in [-0.25, -0.2) is 9.97 Å². The second kappa shape index (κ2) is 6.25. The van der Waals surface area contributed by atoms with Gasteiger partial charge in [-0.2, -0.15) is 13.2 Å². The fraction of sp³-hybridized carbons (Fsp3) is 0.0714. The van der Waals surface area contributed by atoms with Gasteiger partial charge in [-0.05, 0) is 18.2 Å². The highest BCUT2D eigenvalue weighted by molar-refractivity contribution is 6.01. The Balaban J connectivity index is 2.36. The van der Waals surface area contributed by atoms with E-state index in [1.807, 2.05) is 0 Å². The van der Waals surface area contributed by atoms with E-state index in [1.165, 1.54) is 12.1 Å². The zero-order valence-corrected chi connectivity index (χ0v) is 11.2. The minimum Gasteiger partial charge on any atom is -0.338 e. The van der Waals surface area contributed by atoms with Crippen LogP contribution in [0, 0.1) is 0 Å². The van der Waals surface area contributed by atoms with E-state index in [9.17, 15) is 18.0 Å². The van der Waals surface area contributed by atoms with Crippen molar-refractivity contribution >= 4 is 23.1 Å². The maximum absolute atomic E-state index is 12.9. The molecule has 0 aliphatic heterocycles. The summed E-state index contributed by atoms with van der Waals surface area (Å²) >= 11 is 0. The van der Waals surface area contributed by atoms with Crippen molar-refractivity contribution < 1.29 is 18.0 Å². The average Bonchev–Trinajstić information content (AvgIpc) is 2.48. The fourth-order valence-corrected chi connectivity index (χ4v) is 1.65. The molecule has 0 fully saturated rings. The van der Waals surface area contributed by atoms with Crippen LogP contribution in [-0.4, -0.2) is 15.9 Å². The van der Waals surface area contributed by atoms with Gasteiger partial charge in [0.05, 0.1) is 11.4 Å². The van der Waals surface area contributed by atoms with Crippen molar-refractivity contribution in [3.8, 4) is 0 Å². The fourth-order valence-electron chi connectivity index (χ4n) is 1.65. The molecule has 22 heavy (non-hydrogen) atoms. The Hall–Kier alpha value is -2.90. The van der Waals surface area contributed by atoms with Crippen LogP contribution in [0.2, 0.25) is 0 Å². The number of para-hydroxylation sites is 2. The number of anilines is 3. The molecule has 2 rings (SSSR count). The first-order valence-corrected chi connectivity index (χ1v) is 6.08. The molecule has 0 atom stereocenters. The number of carbonyl (C=O) groups excluding carboxylic acids is 1. The number of amides is 1. The number of nitrogens with zero attached hydrogens (tertiary/aromatic N) is 2. The third kappa shape index (κ3) is 3.60. The minimum absolute atomic E-state index is 0.266. The van der Waals surface area contributed by atoms with Gasteiger partial charge in [-0.3, -0.25) is 4.79 Å². The van der Waals surface area contributed by atoms with Gasteiger partial charge in [0.1, 0.15) is 17.7 Å². The molecule has 2 N–H and O–H groups in total. The van der Waals surface area contributed by atoms with E-state index in [-0.39, 0.29) is 5.69 Å². The molecule has 2 aromatic rings. The molecular formula is C14H11F3N4O. The third-order valence-electron chi connectivity index (χ3n) is 2.64. The van der Waals surface area contributed by atoms with Gasteiger partial charge >= 0.3 is 6.18 Å². The number of aromatic nitrogens is 2. The third-order valence-corrected chi connectivity index (χ3v) is 2.64. The highest BCUT2D eigenvalue weighted by Crippen LogP contribution is 2.35. The lowest BCUT2D eigenvalue weighted by atomic mass is 10.2. The number of carbonyl (C=O) groups is 1. The van der Waals surface area contributed by atoms with E-state index in [2.05, 4.69) is 27.2 Å². The molecule has 0 aliphatic rings. The highest BCUT2D eigenvalue weighted by atomic mass is 19.4. The molecular weight excluding hydrogens is 297 g/mol. The predicted molar refractivity (Wildman–Crippen MR) is 75.6 cm³/mol. The number of hydrogen-bond donors (Lipinski definition) is 2. The summed E-state index contributed by atoms with van der Waals surface area (Å²) in [6.07, 6.45) is -1.85. The molecule has 114 valence electrons. The first kappa shape index (κ1) is 15.5. The maximum atomic E-state index is 12.9. The van der Waals surface area contributed by atoms with Gasteiger partial charge in [0.15, 0.2) is 0 Å². The van der Waals surface area contributed by atoms with Gasteiger partial charge in [-0.1, -0.05) is 18.7 Å². The minimum atomic E-state index is -4.59. The highest BCUT2D eigenvalue weighted by Gasteiger charge is 2.34. The Kier molecular flexibility index (Phi) is 4.40. The Morgan fingerprint density at radius 3 is 2.55 bits per heavy atom. The van der Waals surface area contributed by atoms with Gasteiger partial charge in [0, 0.05) is 6.20 Å². The summed E-state index contributed by atoms with van der Waals surface area (Å²) in [4.78, 5) is 18.3. The first-order valence-electron chi connectivity index (χ1n) is 6.08. The lowest BCUT2D eigenvalue weighted by Gasteiger charge is -2.15. The summed E-state index contributed by atoms with van der Waals surface area (Å²) in [5.74, 6) is -0.879. The molecule has 0 radical (unpaired) electrons. The van der Waals surface area contributed by atoms with E-state index in [0.717, 1.165) is 12.4 Å². The summed E-state index contributed by atoms with van der Waals surface area (Å²) in [6.45, 7) is 3.32. The summed E-state index contributed by atoms with van der Waals surface area (Å²) < 4.78 is 38.7. The van der Waals surface area contributed by atoms with Crippen LogP contribution in [-0.2, 0) is 11.0 Å². The monoisotopic (exact) mass is 308 g/mol. The summed E-state index contributed by atoms with van der Waals surface area (Å²) in [7, 11) is 0. The number of alkyl halides is 3. The maximum Gasteiger partial charge on any atom is 0.421 e. The van der Waals surface area contributed by atoms with E-state index in [4.69, 9.17) is 0 Å². The van der Waals surface area contributed by atoms with E-state index < -0.39 is 23.5 Å². The van der Waals surface area contributed by atoms with Crippen molar-refractivity contribution in [1.29, 1.82) is 0 Å². The molecule has 0 aliphatic carbocycles. The zero-order chi connectivity index (χ0) is 16.2. The van der Waals surface area contributed by atoms with Crippen molar-refractivity contribution in [3.63, 3.8) is 0 Å². The van der Waals surface area contributed by atoms with Gasteiger partial charge in [-0.15, -0.1) is 0 Å². The Labute approximate surface area is 123 Å². The Morgan fingerprint density at radius 1 is 1.23 bits per heavy atom. The quantitative estimate of drug-likeness (QED) is 0.850. The number of nitrogens with one attached hydrogen (secondary N) is 2. The average molecular weight is 308 g/mol. The van der Waals surface area contributed by atoms with Crippen molar-refractivity contribution in [2.75, 3.05) is 10.6 Å². The van der Waals surface area contributed by atoms with Crippen molar-refractivity contribution in [2.45, 2.75) is 6.18 Å². The molecule has 1 aromatic carbocycles. The summed E-state index contributed by atoms with van der Waals surface area (Å²) in [5, 5.41) is 5.05. The van der Waals surface area contributed by atoms with Crippen LogP contribution < -0.4 is 10.6 Å². The normalized spacial score (nSPS) is 10.9. The standard InChI is InChI=1S/C14H11F3N4O/c1-2-12(22)20-10-5-3-4-6-11(10)21-13-9(14(15,16)17)7-18-8-19-13/h2-8H,1H2,(H,20,22)(H,18,19,21). The second-order valence-corrected chi connectivity index (χ2v) is 4.15. The molecule has 1 aromatic heterocycles. The largest absolute Gasteiger partial charge is 0.421 e. The van der Waals surface area contributed by atoms with Crippen LogP contribution in [0.5, 0.6) is 0 Å². The van der Waals surface area contributed by atoms with Gasteiger partial charge in [0.2, 0.25) is 5.91 Å². The molecule has 0 spiro atoms. The van der Waals surface area contributed by atoms with Crippen LogP contribution in [0.25, 0.3) is 0 Å². The number of hydrogen-bond acceptors (Lipinski definition) is 4. The number of halogens is 3. The lowest BCUT2D eigenvalue weighted by molar-refractivity contribution is -0.137. The van der Waals surface area contributed by atoms with Crippen LogP contribution in [0.1, 0.15) is 5.56 Å². The molecule has 0 unspecified atom stereocenters. The smallest absolute Gasteiger partial charge is 0.338 e. The van der Waals surface area contributed by atoms with Crippen LogP contribution in [0.3, 0.4) is 0 Å². The van der Waals surface area contributed by atoms with Crippen LogP contribution in [0.15, 0.2) is 49.4 Å². The molecule has 1 heterocycles. The van der Waals surface area contributed by atoms with Gasteiger partial charge in [0.25, 0.3) is 0 Å². The lowest BCUT2D eigenvalue weighted by Crippen LogP contribution is -2.13. The first-order chi connectivity index (χ1) is 10.4. The van der Waals surface area contributed by atoms with E-state index in [1.54, 1.807) is 12.1 Å². The SMILES string of the molecule is C=CC(=O)Nc1ccccc1Nc1ncncc1C(F)(F)F. The molecule has 8 heteroatoms. The van der Waals surface area contributed by atoms with Crippen LogP contribution in [0.4, 0.5) is 30.4 Å². The topological polar surface area (TPSA) is 66.9 Å². The van der Waals surface area contributed by atoms with Crippen molar-refractivity contribution in [2.24, 2.45) is 0 Å². The van der Waals surface area contributed by atoms with Gasteiger partial charge < -0.3 is 10.6 Å². The molecule has 1 amide bonds. The summed E-state index contributed by atoms with van der Waals surface area (Å²) in [5.41, 5.74) is -0.430. The predicted octanol–water partition coefficient (Wildman–Crippen LogP) is 3.36.